The summed E-state index contributed by atoms with van der Waals surface area (Å²) in [7, 11) is 0. The van der Waals surface area contributed by atoms with Gasteiger partial charge in [-0.1, -0.05) is 42.5 Å². The second-order valence-electron chi connectivity index (χ2n) is 7.17. The zero-order chi connectivity index (χ0) is 21.3. The van der Waals surface area contributed by atoms with Crippen LogP contribution in [0.4, 0.5) is 5.69 Å². The molecular formula is C24H26N2O4. The van der Waals surface area contributed by atoms with Crippen molar-refractivity contribution < 1.29 is 19.1 Å². The van der Waals surface area contributed by atoms with Gasteiger partial charge in [0.25, 0.3) is 0 Å². The number of hydrogen-bond acceptors (Lipinski definition) is 4. The van der Waals surface area contributed by atoms with E-state index in [-0.39, 0.29) is 24.2 Å². The fraction of sp³-hybridized carbons (Fsp3) is 0.292. The highest BCUT2D eigenvalue weighted by Crippen LogP contribution is 2.21. The highest BCUT2D eigenvalue weighted by Gasteiger charge is 2.33. The molecule has 0 bridgehead atoms. The third kappa shape index (κ3) is 6.04. The molecule has 1 saturated heterocycles. The molecule has 1 N–H and O–H groups in total. The summed E-state index contributed by atoms with van der Waals surface area (Å²) in [5, 5.41) is 2.88. The van der Waals surface area contributed by atoms with E-state index in [1.165, 1.54) is 11.6 Å². The Kier molecular flexibility index (Phi) is 7.38. The second kappa shape index (κ2) is 10.4. The van der Waals surface area contributed by atoms with E-state index in [9.17, 15) is 14.4 Å². The molecule has 1 unspecified atom stereocenters. The zero-order valence-corrected chi connectivity index (χ0v) is 17.0. The highest BCUT2D eigenvalue weighted by atomic mass is 16.5. The van der Waals surface area contributed by atoms with Crippen LogP contribution in [0.25, 0.3) is 6.08 Å². The van der Waals surface area contributed by atoms with Crippen LogP contribution in [0.3, 0.4) is 0 Å². The Bertz CT molecular complexity index is 907. The molecule has 156 valence electrons. The summed E-state index contributed by atoms with van der Waals surface area (Å²) in [5.74, 6) is -0.875. The molecule has 0 aromatic heterocycles. The summed E-state index contributed by atoms with van der Waals surface area (Å²) in [6.07, 6.45) is 4.04. The van der Waals surface area contributed by atoms with Crippen molar-refractivity contribution in [1.29, 1.82) is 0 Å². The summed E-state index contributed by atoms with van der Waals surface area (Å²) in [4.78, 5) is 38.0. The van der Waals surface area contributed by atoms with Crippen molar-refractivity contribution in [3.05, 3.63) is 71.8 Å². The van der Waals surface area contributed by atoms with Crippen molar-refractivity contribution in [3.8, 4) is 0 Å². The number of hydrogen-bond donors (Lipinski definition) is 1. The number of carbonyl (C=O) groups is 3. The molecule has 2 amide bonds. The fourth-order valence-corrected chi connectivity index (χ4v) is 3.35. The lowest BCUT2D eigenvalue weighted by atomic mass is 10.1. The van der Waals surface area contributed by atoms with Gasteiger partial charge >= 0.3 is 5.97 Å². The van der Waals surface area contributed by atoms with Crippen LogP contribution >= 0.6 is 0 Å². The number of amides is 2. The number of nitrogens with zero attached hydrogens (tertiary/aromatic N) is 1. The number of anilines is 1. The number of nitrogens with one attached hydrogen (secondary N) is 1. The van der Waals surface area contributed by atoms with Gasteiger partial charge in [-0.15, -0.1) is 0 Å². The number of benzene rings is 2. The average molecular weight is 406 g/mol. The maximum Gasteiger partial charge on any atom is 0.330 e. The molecule has 2 aromatic rings. The van der Waals surface area contributed by atoms with Crippen LogP contribution in [-0.4, -0.2) is 42.4 Å². The Morgan fingerprint density at radius 3 is 2.57 bits per heavy atom. The topological polar surface area (TPSA) is 75.7 Å². The van der Waals surface area contributed by atoms with E-state index in [0.29, 0.717) is 25.4 Å². The fourth-order valence-electron chi connectivity index (χ4n) is 3.35. The van der Waals surface area contributed by atoms with Gasteiger partial charge in [0.05, 0.1) is 12.5 Å². The van der Waals surface area contributed by atoms with Gasteiger partial charge in [0.2, 0.25) is 11.8 Å². The smallest absolute Gasteiger partial charge is 0.330 e. The Labute approximate surface area is 176 Å². The van der Waals surface area contributed by atoms with Gasteiger partial charge in [-0.25, -0.2) is 4.79 Å². The minimum absolute atomic E-state index is 0.0190. The molecule has 30 heavy (non-hydrogen) atoms. The maximum absolute atomic E-state index is 12.6. The number of carbonyl (C=O) groups excluding carboxylic acids is 3. The number of ether oxygens (including phenoxy) is 1. The predicted octanol–water partition coefficient (Wildman–Crippen LogP) is 3.29. The average Bonchev–Trinajstić information content (AvgIpc) is 3.13. The number of likely N-dealkylation sites (tertiary alicyclic amines) is 1. The van der Waals surface area contributed by atoms with Gasteiger partial charge in [0.15, 0.2) is 0 Å². The summed E-state index contributed by atoms with van der Waals surface area (Å²) in [6.45, 7) is 3.15. The van der Waals surface area contributed by atoms with Crippen molar-refractivity contribution in [3.63, 3.8) is 0 Å². The first-order valence-electron chi connectivity index (χ1n) is 10.1. The number of rotatable bonds is 8. The molecule has 1 atom stereocenters. The molecule has 0 spiro atoms. The maximum atomic E-state index is 12.6. The molecule has 0 radical (unpaired) electrons. The summed E-state index contributed by atoms with van der Waals surface area (Å²) in [6, 6.07) is 17.2. The molecule has 6 nitrogen and oxygen atoms in total. The Morgan fingerprint density at radius 2 is 1.87 bits per heavy atom. The first-order valence-corrected chi connectivity index (χ1v) is 10.1. The normalized spacial score (nSPS) is 16.1. The molecule has 6 heteroatoms. The van der Waals surface area contributed by atoms with Gasteiger partial charge in [-0.3, -0.25) is 9.59 Å². The van der Waals surface area contributed by atoms with Crippen molar-refractivity contribution >= 4 is 29.5 Å². The lowest BCUT2D eigenvalue weighted by Gasteiger charge is -2.16. The predicted molar refractivity (Wildman–Crippen MR) is 116 cm³/mol. The van der Waals surface area contributed by atoms with E-state index in [1.807, 2.05) is 30.3 Å². The van der Waals surface area contributed by atoms with Crippen LogP contribution in [0, 0.1) is 5.92 Å². The van der Waals surface area contributed by atoms with E-state index < -0.39 is 5.97 Å². The van der Waals surface area contributed by atoms with Crippen LogP contribution in [0.15, 0.2) is 60.7 Å². The van der Waals surface area contributed by atoms with Crippen LogP contribution in [0.2, 0.25) is 0 Å². The quantitative estimate of drug-likeness (QED) is 0.539. The Morgan fingerprint density at radius 1 is 1.13 bits per heavy atom. The van der Waals surface area contributed by atoms with E-state index in [0.717, 1.165) is 12.0 Å². The lowest BCUT2D eigenvalue weighted by molar-refractivity contribution is -0.137. The molecule has 1 aliphatic rings. The Balaban J connectivity index is 1.49. The summed E-state index contributed by atoms with van der Waals surface area (Å²) < 4.78 is 4.84. The number of esters is 1. The molecule has 1 aliphatic heterocycles. The Hall–Kier alpha value is -3.41. The standard InChI is InChI=1S/C24H26N2O4/c1-2-30-23(28)13-10-19-8-11-21(12-9-19)25-24(29)20-16-22(27)26(17-20)15-14-18-6-4-3-5-7-18/h3-13,20H,2,14-17H2,1H3,(H,25,29)/b13-10+. The van der Waals surface area contributed by atoms with Gasteiger partial charge in [0, 0.05) is 31.3 Å². The largest absolute Gasteiger partial charge is 0.463 e. The monoisotopic (exact) mass is 406 g/mol. The van der Waals surface area contributed by atoms with Crippen molar-refractivity contribution in [2.45, 2.75) is 19.8 Å². The lowest BCUT2D eigenvalue weighted by Crippen LogP contribution is -2.30. The van der Waals surface area contributed by atoms with Crippen molar-refractivity contribution in [2.24, 2.45) is 5.92 Å². The zero-order valence-electron chi connectivity index (χ0n) is 17.0. The van der Waals surface area contributed by atoms with Gasteiger partial charge in [-0.2, -0.15) is 0 Å². The van der Waals surface area contributed by atoms with Crippen LogP contribution in [0.5, 0.6) is 0 Å². The van der Waals surface area contributed by atoms with E-state index in [4.69, 9.17) is 4.74 Å². The van der Waals surface area contributed by atoms with Crippen molar-refractivity contribution in [2.75, 3.05) is 25.0 Å². The second-order valence-corrected chi connectivity index (χ2v) is 7.17. The molecule has 3 rings (SSSR count). The first-order chi connectivity index (χ1) is 14.5. The molecule has 0 aliphatic carbocycles. The first kappa shape index (κ1) is 21.3. The molecule has 1 fully saturated rings. The molecule has 0 saturated carbocycles. The minimum atomic E-state index is -0.391. The van der Waals surface area contributed by atoms with Gasteiger partial charge in [-0.05, 0) is 42.7 Å². The van der Waals surface area contributed by atoms with E-state index in [2.05, 4.69) is 5.32 Å². The van der Waals surface area contributed by atoms with Crippen LogP contribution < -0.4 is 5.32 Å². The molecular weight excluding hydrogens is 380 g/mol. The summed E-state index contributed by atoms with van der Waals surface area (Å²) in [5.41, 5.74) is 2.66. The van der Waals surface area contributed by atoms with Gasteiger partial charge < -0.3 is 15.0 Å². The van der Waals surface area contributed by atoms with Crippen molar-refractivity contribution in [1.82, 2.24) is 4.90 Å². The third-order valence-electron chi connectivity index (χ3n) is 4.98. The van der Waals surface area contributed by atoms with E-state index in [1.54, 1.807) is 42.2 Å². The summed E-state index contributed by atoms with van der Waals surface area (Å²) >= 11 is 0. The highest BCUT2D eigenvalue weighted by molar-refractivity contribution is 5.97. The molecule has 2 aromatic carbocycles. The minimum Gasteiger partial charge on any atom is -0.463 e. The van der Waals surface area contributed by atoms with Crippen LogP contribution in [-0.2, 0) is 25.5 Å². The molecule has 1 heterocycles. The SMILES string of the molecule is CCOC(=O)/C=C/c1ccc(NC(=O)C2CC(=O)N(CCc3ccccc3)C2)cc1. The van der Waals surface area contributed by atoms with Crippen LogP contribution in [0.1, 0.15) is 24.5 Å². The van der Waals surface area contributed by atoms with Gasteiger partial charge in [0.1, 0.15) is 0 Å². The third-order valence-corrected chi connectivity index (χ3v) is 4.98. The van der Waals surface area contributed by atoms with E-state index >= 15 is 0 Å².